The number of nitrogen functional groups attached to an aromatic ring is 1. The van der Waals surface area contributed by atoms with Gasteiger partial charge in [0.15, 0.2) is 6.10 Å². The number of ether oxygens (including phenoxy) is 1. The summed E-state index contributed by atoms with van der Waals surface area (Å²) in [4.78, 5) is 36.5. The lowest BCUT2D eigenvalue weighted by molar-refractivity contribution is -0.384. The third kappa shape index (κ3) is 4.43. The molecule has 2 N–H and O–H groups in total. The fourth-order valence-electron chi connectivity index (χ4n) is 2.42. The fourth-order valence-corrected chi connectivity index (χ4v) is 2.42. The van der Waals surface area contributed by atoms with Gasteiger partial charge in [0.25, 0.3) is 11.6 Å². The van der Waals surface area contributed by atoms with Crippen LogP contribution in [-0.2, 0) is 9.53 Å². The molecule has 132 valence electrons. The van der Waals surface area contributed by atoms with E-state index >= 15 is 0 Å². The predicted octanol–water partition coefficient (Wildman–Crippen LogP) is 2.37. The maximum Gasteiger partial charge on any atom is 0.341 e. The molecule has 1 aromatic carbocycles. The molecule has 0 saturated heterocycles. The van der Waals surface area contributed by atoms with Crippen LogP contribution in [0.2, 0.25) is 0 Å². The van der Waals surface area contributed by atoms with Gasteiger partial charge in [-0.3, -0.25) is 14.9 Å². The standard InChI is InChI=1S/C16H23N3O5/c1-9(2)18(10(3)4)15(20)11(5)24-16(21)13-8-12(19(22)23)6-7-14(13)17/h6-11H,17H2,1-5H3/t11-/m0/s1. The number of carbonyl (C=O) groups excluding carboxylic acids is 2. The van der Waals surface area contributed by atoms with Crippen molar-refractivity contribution in [1.29, 1.82) is 0 Å². The molecule has 0 unspecified atom stereocenters. The van der Waals surface area contributed by atoms with Crippen molar-refractivity contribution >= 4 is 23.3 Å². The molecule has 0 aliphatic carbocycles. The molecule has 1 rings (SSSR count). The molecule has 0 aliphatic rings. The average molecular weight is 337 g/mol. The summed E-state index contributed by atoms with van der Waals surface area (Å²) in [5, 5.41) is 10.8. The molecule has 1 atom stereocenters. The summed E-state index contributed by atoms with van der Waals surface area (Å²) in [6, 6.07) is 3.39. The van der Waals surface area contributed by atoms with Crippen molar-refractivity contribution in [2.75, 3.05) is 5.73 Å². The highest BCUT2D eigenvalue weighted by Gasteiger charge is 2.28. The van der Waals surface area contributed by atoms with Crippen LogP contribution in [0, 0.1) is 10.1 Å². The van der Waals surface area contributed by atoms with E-state index in [1.165, 1.54) is 19.1 Å². The number of hydrogen-bond acceptors (Lipinski definition) is 6. The van der Waals surface area contributed by atoms with Gasteiger partial charge in [-0.15, -0.1) is 0 Å². The van der Waals surface area contributed by atoms with Crippen LogP contribution in [0.4, 0.5) is 11.4 Å². The van der Waals surface area contributed by atoms with Crippen LogP contribution in [0.15, 0.2) is 18.2 Å². The van der Waals surface area contributed by atoms with Crippen LogP contribution in [0.3, 0.4) is 0 Å². The number of benzene rings is 1. The van der Waals surface area contributed by atoms with Gasteiger partial charge in [0.1, 0.15) is 0 Å². The Balaban J connectivity index is 2.96. The molecule has 0 aliphatic heterocycles. The van der Waals surface area contributed by atoms with E-state index in [0.717, 1.165) is 6.07 Å². The lowest BCUT2D eigenvalue weighted by atomic mass is 10.1. The number of non-ortho nitro benzene ring substituents is 1. The number of nitro benzene ring substituents is 1. The Morgan fingerprint density at radius 3 is 2.17 bits per heavy atom. The summed E-state index contributed by atoms with van der Waals surface area (Å²) in [6.45, 7) is 8.93. The van der Waals surface area contributed by atoms with E-state index in [1.807, 2.05) is 27.7 Å². The van der Waals surface area contributed by atoms with Crippen molar-refractivity contribution in [3.8, 4) is 0 Å². The molecule has 0 fully saturated rings. The Bertz CT molecular complexity index is 635. The highest BCUT2D eigenvalue weighted by molar-refractivity contribution is 5.97. The molecule has 8 heteroatoms. The van der Waals surface area contributed by atoms with E-state index in [0.29, 0.717) is 0 Å². The normalized spacial score (nSPS) is 12.1. The van der Waals surface area contributed by atoms with E-state index in [1.54, 1.807) is 4.90 Å². The fraction of sp³-hybridized carbons (Fsp3) is 0.500. The van der Waals surface area contributed by atoms with Crippen LogP contribution in [0.25, 0.3) is 0 Å². The topological polar surface area (TPSA) is 116 Å². The number of nitrogens with zero attached hydrogens (tertiary/aromatic N) is 2. The zero-order valence-electron chi connectivity index (χ0n) is 14.5. The zero-order chi connectivity index (χ0) is 18.6. The first kappa shape index (κ1) is 19.4. The average Bonchev–Trinajstić information content (AvgIpc) is 2.46. The van der Waals surface area contributed by atoms with Gasteiger partial charge in [0, 0.05) is 29.9 Å². The minimum absolute atomic E-state index is 0.0508. The molecule has 8 nitrogen and oxygen atoms in total. The molecule has 0 spiro atoms. The van der Waals surface area contributed by atoms with Crippen molar-refractivity contribution in [1.82, 2.24) is 4.90 Å². The van der Waals surface area contributed by atoms with Crippen LogP contribution in [-0.4, -0.2) is 39.9 Å². The van der Waals surface area contributed by atoms with Gasteiger partial charge >= 0.3 is 5.97 Å². The Labute approximate surface area is 140 Å². The highest BCUT2D eigenvalue weighted by Crippen LogP contribution is 2.21. The number of carbonyl (C=O) groups is 2. The minimum Gasteiger partial charge on any atom is -0.449 e. The minimum atomic E-state index is -1.03. The van der Waals surface area contributed by atoms with Crippen LogP contribution >= 0.6 is 0 Å². The van der Waals surface area contributed by atoms with Gasteiger partial charge in [-0.1, -0.05) is 0 Å². The Morgan fingerprint density at radius 1 is 1.17 bits per heavy atom. The van der Waals surface area contributed by atoms with Gasteiger partial charge in [-0.2, -0.15) is 0 Å². The lowest BCUT2D eigenvalue weighted by Crippen LogP contribution is -2.47. The lowest BCUT2D eigenvalue weighted by Gasteiger charge is -2.32. The van der Waals surface area contributed by atoms with E-state index in [-0.39, 0.29) is 34.9 Å². The second-order valence-electron chi connectivity index (χ2n) is 6.01. The molecule has 0 aromatic heterocycles. The second-order valence-corrected chi connectivity index (χ2v) is 6.01. The summed E-state index contributed by atoms with van der Waals surface area (Å²) in [6.07, 6.45) is -1.03. The molecular weight excluding hydrogens is 314 g/mol. The van der Waals surface area contributed by atoms with E-state index in [2.05, 4.69) is 0 Å². The van der Waals surface area contributed by atoms with Gasteiger partial charge in [-0.25, -0.2) is 4.79 Å². The summed E-state index contributed by atoms with van der Waals surface area (Å²) in [7, 11) is 0. The van der Waals surface area contributed by atoms with E-state index in [4.69, 9.17) is 10.5 Å². The summed E-state index contributed by atoms with van der Waals surface area (Å²) in [5.74, 6) is -1.21. The number of amides is 1. The van der Waals surface area contributed by atoms with Crippen molar-refractivity contribution < 1.29 is 19.2 Å². The van der Waals surface area contributed by atoms with Crippen LogP contribution < -0.4 is 5.73 Å². The van der Waals surface area contributed by atoms with Crippen LogP contribution in [0.1, 0.15) is 45.0 Å². The predicted molar refractivity (Wildman–Crippen MR) is 89.5 cm³/mol. The Hall–Kier alpha value is -2.64. The molecule has 0 bridgehead atoms. The monoisotopic (exact) mass is 337 g/mol. The van der Waals surface area contributed by atoms with Crippen LogP contribution in [0.5, 0.6) is 0 Å². The smallest absolute Gasteiger partial charge is 0.341 e. The third-order valence-electron chi connectivity index (χ3n) is 3.47. The highest BCUT2D eigenvalue weighted by atomic mass is 16.6. The molecule has 1 aromatic rings. The largest absolute Gasteiger partial charge is 0.449 e. The number of esters is 1. The van der Waals surface area contributed by atoms with Gasteiger partial charge in [0.05, 0.1) is 10.5 Å². The molecule has 1 amide bonds. The Kier molecular flexibility index (Phi) is 6.27. The first-order valence-corrected chi connectivity index (χ1v) is 7.63. The quantitative estimate of drug-likeness (QED) is 0.369. The molecule has 0 saturated carbocycles. The maximum atomic E-state index is 12.5. The Morgan fingerprint density at radius 2 is 1.71 bits per heavy atom. The SMILES string of the molecule is CC(C)N(C(=O)[C@H](C)OC(=O)c1cc([N+](=O)[O-])ccc1N)C(C)C. The van der Waals surface area contributed by atoms with E-state index in [9.17, 15) is 19.7 Å². The molecular formula is C16H23N3O5. The number of hydrogen-bond donors (Lipinski definition) is 1. The van der Waals surface area contributed by atoms with Crippen molar-refractivity contribution in [3.05, 3.63) is 33.9 Å². The molecule has 0 radical (unpaired) electrons. The molecule has 24 heavy (non-hydrogen) atoms. The van der Waals surface area contributed by atoms with Gasteiger partial charge < -0.3 is 15.4 Å². The van der Waals surface area contributed by atoms with E-state index < -0.39 is 17.0 Å². The van der Waals surface area contributed by atoms with Crippen molar-refractivity contribution in [2.24, 2.45) is 0 Å². The van der Waals surface area contributed by atoms with Crippen molar-refractivity contribution in [2.45, 2.75) is 52.8 Å². The number of nitrogens with two attached hydrogens (primary N) is 1. The van der Waals surface area contributed by atoms with Gasteiger partial charge in [0.2, 0.25) is 0 Å². The maximum absolute atomic E-state index is 12.5. The first-order chi connectivity index (χ1) is 11.1. The summed E-state index contributed by atoms with van der Waals surface area (Å²) in [5.41, 5.74) is 5.32. The number of nitro groups is 1. The summed E-state index contributed by atoms with van der Waals surface area (Å²) < 4.78 is 5.16. The zero-order valence-corrected chi connectivity index (χ0v) is 14.5. The summed E-state index contributed by atoms with van der Waals surface area (Å²) >= 11 is 0. The second kappa shape index (κ2) is 7.76. The molecule has 0 heterocycles. The van der Waals surface area contributed by atoms with Crippen molar-refractivity contribution in [3.63, 3.8) is 0 Å². The number of rotatable bonds is 6. The van der Waals surface area contributed by atoms with Gasteiger partial charge in [-0.05, 0) is 40.7 Å². The number of anilines is 1. The third-order valence-corrected chi connectivity index (χ3v) is 3.47. The first-order valence-electron chi connectivity index (χ1n) is 7.63.